The quantitative estimate of drug-likeness (QED) is 0.752. The Balaban J connectivity index is 1.25. The largest absolute Gasteiger partial charge is 0.440 e. The van der Waals surface area contributed by atoms with Crippen LogP contribution in [0.4, 0.5) is 0 Å². The number of fused-ring (bicyclic) bond motifs is 1. The van der Waals surface area contributed by atoms with Crippen LogP contribution in [0.15, 0.2) is 52.9 Å². The highest BCUT2D eigenvalue weighted by molar-refractivity contribution is 5.78. The summed E-state index contributed by atoms with van der Waals surface area (Å²) in [6.45, 7) is 4.88. The fourth-order valence-electron chi connectivity index (χ4n) is 3.57. The summed E-state index contributed by atoms with van der Waals surface area (Å²) >= 11 is 0. The van der Waals surface area contributed by atoms with Gasteiger partial charge < -0.3 is 9.73 Å². The Kier molecular flexibility index (Phi) is 5.21. The number of para-hydroxylation sites is 2. The van der Waals surface area contributed by atoms with Crippen molar-refractivity contribution in [2.75, 3.05) is 19.6 Å². The molecule has 0 bridgehead atoms. The highest BCUT2D eigenvalue weighted by Crippen LogP contribution is 2.29. The lowest BCUT2D eigenvalue weighted by Gasteiger charge is -2.29. The van der Waals surface area contributed by atoms with Crippen LogP contribution in [0.5, 0.6) is 0 Å². The molecule has 5 nitrogen and oxygen atoms in total. The number of hydrogen-bond donors (Lipinski definition) is 1. The summed E-state index contributed by atoms with van der Waals surface area (Å²) in [7, 11) is 0. The van der Waals surface area contributed by atoms with E-state index in [1.807, 2.05) is 24.3 Å². The Labute approximate surface area is 159 Å². The van der Waals surface area contributed by atoms with E-state index < -0.39 is 0 Å². The molecule has 1 aliphatic rings. The zero-order valence-electron chi connectivity index (χ0n) is 15.6. The number of nitrogens with one attached hydrogen (secondary N) is 1. The molecule has 0 spiro atoms. The third-order valence-electron chi connectivity index (χ3n) is 5.22. The minimum absolute atomic E-state index is 0.0795. The third kappa shape index (κ3) is 4.37. The van der Waals surface area contributed by atoms with Gasteiger partial charge in [0.05, 0.1) is 6.54 Å². The molecule has 5 heteroatoms. The molecular weight excluding hydrogens is 338 g/mol. The van der Waals surface area contributed by atoms with Crippen LogP contribution in [0, 0.1) is 6.92 Å². The molecule has 0 aliphatic carbocycles. The van der Waals surface area contributed by atoms with Gasteiger partial charge in [-0.15, -0.1) is 0 Å². The van der Waals surface area contributed by atoms with Gasteiger partial charge in [0.15, 0.2) is 11.5 Å². The van der Waals surface area contributed by atoms with E-state index in [-0.39, 0.29) is 5.91 Å². The Bertz CT molecular complexity index is 876. The third-order valence-corrected chi connectivity index (χ3v) is 5.22. The van der Waals surface area contributed by atoms with Gasteiger partial charge in [0.25, 0.3) is 0 Å². The van der Waals surface area contributed by atoms with Gasteiger partial charge in [-0.25, -0.2) is 4.98 Å². The lowest BCUT2D eigenvalue weighted by Crippen LogP contribution is -2.41. The predicted octanol–water partition coefficient (Wildman–Crippen LogP) is 3.63. The molecule has 27 heavy (non-hydrogen) atoms. The van der Waals surface area contributed by atoms with Gasteiger partial charge in [-0.3, -0.25) is 9.69 Å². The summed E-state index contributed by atoms with van der Waals surface area (Å²) in [6.07, 6.45) is 1.94. The number of amides is 1. The fraction of sp³-hybridized carbons (Fsp3) is 0.364. The minimum atomic E-state index is 0.0795. The van der Waals surface area contributed by atoms with Crippen LogP contribution in [0.1, 0.15) is 35.8 Å². The van der Waals surface area contributed by atoms with Gasteiger partial charge >= 0.3 is 0 Å². The van der Waals surface area contributed by atoms with Gasteiger partial charge in [-0.2, -0.15) is 0 Å². The summed E-state index contributed by atoms with van der Waals surface area (Å²) in [4.78, 5) is 19.1. The number of aromatic nitrogens is 1. The normalized spacial score (nSPS) is 15.9. The van der Waals surface area contributed by atoms with Crippen molar-refractivity contribution in [1.29, 1.82) is 0 Å². The second-order valence-corrected chi connectivity index (χ2v) is 7.33. The lowest BCUT2D eigenvalue weighted by atomic mass is 9.97. The summed E-state index contributed by atoms with van der Waals surface area (Å²) in [5, 5.41) is 3.01. The van der Waals surface area contributed by atoms with E-state index in [4.69, 9.17) is 4.42 Å². The van der Waals surface area contributed by atoms with Crippen molar-refractivity contribution in [3.05, 3.63) is 65.5 Å². The molecule has 0 atom stereocenters. The highest BCUT2D eigenvalue weighted by Gasteiger charge is 2.25. The van der Waals surface area contributed by atoms with E-state index in [0.717, 1.165) is 48.5 Å². The molecule has 1 aliphatic heterocycles. The topological polar surface area (TPSA) is 58.4 Å². The van der Waals surface area contributed by atoms with Crippen LogP contribution >= 0.6 is 0 Å². The van der Waals surface area contributed by atoms with Crippen LogP contribution in [0.25, 0.3) is 11.1 Å². The summed E-state index contributed by atoms with van der Waals surface area (Å²) in [5.74, 6) is 1.25. The smallest absolute Gasteiger partial charge is 0.234 e. The van der Waals surface area contributed by atoms with E-state index in [0.29, 0.717) is 19.0 Å². The predicted molar refractivity (Wildman–Crippen MR) is 105 cm³/mol. The van der Waals surface area contributed by atoms with Crippen molar-refractivity contribution in [3.63, 3.8) is 0 Å². The molecule has 140 valence electrons. The Hall–Kier alpha value is -2.66. The molecule has 1 amide bonds. The maximum atomic E-state index is 12.2. The lowest BCUT2D eigenvalue weighted by molar-refractivity contribution is -0.122. The SMILES string of the molecule is Cc1ccc(CNC(=O)CN2CCC(c3nc4ccccc4o3)CC2)cc1. The average molecular weight is 363 g/mol. The minimum Gasteiger partial charge on any atom is -0.440 e. The maximum Gasteiger partial charge on any atom is 0.234 e. The summed E-state index contributed by atoms with van der Waals surface area (Å²) in [5.41, 5.74) is 4.13. The van der Waals surface area contributed by atoms with Crippen molar-refractivity contribution >= 4 is 17.0 Å². The molecule has 0 saturated carbocycles. The zero-order valence-corrected chi connectivity index (χ0v) is 15.6. The van der Waals surface area contributed by atoms with Crippen LogP contribution in [0.3, 0.4) is 0 Å². The van der Waals surface area contributed by atoms with Crippen LogP contribution in [0.2, 0.25) is 0 Å². The van der Waals surface area contributed by atoms with Crippen LogP contribution in [-0.2, 0) is 11.3 Å². The molecule has 4 rings (SSSR count). The zero-order chi connectivity index (χ0) is 18.6. The molecule has 1 aromatic heterocycles. The number of carbonyl (C=O) groups excluding carboxylic acids is 1. The first-order valence-corrected chi connectivity index (χ1v) is 9.57. The number of nitrogens with zero attached hydrogens (tertiary/aromatic N) is 2. The van der Waals surface area contributed by atoms with Gasteiger partial charge in [0.2, 0.25) is 5.91 Å². The fourth-order valence-corrected chi connectivity index (χ4v) is 3.57. The van der Waals surface area contributed by atoms with Gasteiger partial charge in [-0.05, 0) is 50.6 Å². The van der Waals surface area contributed by atoms with Gasteiger partial charge in [0, 0.05) is 12.5 Å². The maximum absolute atomic E-state index is 12.2. The number of aryl methyl sites for hydroxylation is 1. The molecule has 0 radical (unpaired) electrons. The molecule has 0 unspecified atom stereocenters. The van der Waals surface area contributed by atoms with E-state index in [9.17, 15) is 4.79 Å². The van der Waals surface area contributed by atoms with E-state index >= 15 is 0 Å². The van der Waals surface area contributed by atoms with Crippen molar-refractivity contribution in [2.45, 2.75) is 32.2 Å². The molecule has 1 fully saturated rings. The Morgan fingerprint density at radius 1 is 1.15 bits per heavy atom. The summed E-state index contributed by atoms with van der Waals surface area (Å²) in [6, 6.07) is 16.1. The Morgan fingerprint density at radius 2 is 1.89 bits per heavy atom. The molecule has 3 aromatic rings. The van der Waals surface area contributed by atoms with Crippen molar-refractivity contribution in [1.82, 2.24) is 15.2 Å². The molecule has 1 saturated heterocycles. The standard InChI is InChI=1S/C22H25N3O2/c1-16-6-8-17(9-7-16)14-23-21(26)15-25-12-10-18(11-13-25)22-24-19-4-2-3-5-20(19)27-22/h2-9,18H,10-15H2,1H3,(H,23,26). The van der Waals surface area contributed by atoms with Gasteiger partial charge in [-0.1, -0.05) is 42.0 Å². The van der Waals surface area contributed by atoms with Crippen molar-refractivity contribution in [3.8, 4) is 0 Å². The number of benzene rings is 2. The van der Waals surface area contributed by atoms with Crippen molar-refractivity contribution < 1.29 is 9.21 Å². The van der Waals surface area contributed by atoms with Crippen molar-refractivity contribution in [2.24, 2.45) is 0 Å². The average Bonchev–Trinajstić information content (AvgIpc) is 3.12. The number of likely N-dealkylation sites (tertiary alicyclic amines) is 1. The number of rotatable bonds is 5. The Morgan fingerprint density at radius 3 is 2.63 bits per heavy atom. The number of oxazole rings is 1. The number of hydrogen-bond acceptors (Lipinski definition) is 4. The first-order valence-electron chi connectivity index (χ1n) is 9.57. The van der Waals surface area contributed by atoms with E-state index in [1.54, 1.807) is 0 Å². The van der Waals surface area contributed by atoms with Crippen LogP contribution in [-0.4, -0.2) is 35.4 Å². The second-order valence-electron chi connectivity index (χ2n) is 7.33. The molecular formula is C22H25N3O2. The molecule has 2 heterocycles. The monoisotopic (exact) mass is 363 g/mol. The van der Waals surface area contributed by atoms with E-state index in [1.165, 1.54) is 5.56 Å². The second kappa shape index (κ2) is 7.92. The van der Waals surface area contributed by atoms with Gasteiger partial charge in [0.1, 0.15) is 5.52 Å². The van der Waals surface area contributed by atoms with Crippen LogP contribution < -0.4 is 5.32 Å². The number of piperidine rings is 1. The molecule has 1 N–H and O–H groups in total. The first kappa shape index (κ1) is 17.7. The molecule has 2 aromatic carbocycles. The first-order chi connectivity index (χ1) is 13.2. The number of carbonyl (C=O) groups is 1. The highest BCUT2D eigenvalue weighted by atomic mass is 16.3. The summed E-state index contributed by atoms with van der Waals surface area (Å²) < 4.78 is 5.91. The van der Waals surface area contributed by atoms with E-state index in [2.05, 4.69) is 46.4 Å².